The van der Waals surface area contributed by atoms with Crippen LogP contribution in [0, 0.1) is 0 Å². The summed E-state index contributed by atoms with van der Waals surface area (Å²) >= 11 is 0. The number of amides is 3. The van der Waals surface area contributed by atoms with Crippen molar-refractivity contribution in [3.8, 4) is 5.75 Å². The van der Waals surface area contributed by atoms with Gasteiger partial charge in [0, 0.05) is 29.9 Å². The molecule has 2 unspecified atom stereocenters. The van der Waals surface area contributed by atoms with Crippen LogP contribution in [0.5, 0.6) is 5.75 Å². The molecule has 3 aliphatic heterocycles. The molecule has 3 heterocycles. The van der Waals surface area contributed by atoms with Gasteiger partial charge in [-0.25, -0.2) is 0 Å². The number of allylic oxidation sites excluding steroid dienone is 1. The molecule has 2 fully saturated rings. The predicted octanol–water partition coefficient (Wildman–Crippen LogP) is 2.37. The third kappa shape index (κ3) is 4.41. The number of nitrogens with zero attached hydrogens (tertiary/aromatic N) is 2. The van der Waals surface area contributed by atoms with Crippen LogP contribution in [0.2, 0.25) is 0 Å². The van der Waals surface area contributed by atoms with E-state index in [-0.39, 0.29) is 48.1 Å². The molecule has 2 saturated heterocycles. The Labute approximate surface area is 202 Å². The molecule has 0 aliphatic carbocycles. The second-order valence-corrected chi connectivity index (χ2v) is 8.53. The molecule has 2 atom stereocenters. The first-order valence-corrected chi connectivity index (χ1v) is 11.2. The lowest BCUT2D eigenvalue weighted by Gasteiger charge is -2.31. The van der Waals surface area contributed by atoms with Crippen LogP contribution in [-0.4, -0.2) is 53.3 Å². The zero-order valence-electron chi connectivity index (χ0n) is 21.6. The number of morpholine rings is 1. The standard InChI is InChI=1S/C26H27N3O5/c1-17-5-10-22(25(31)27-17)29-14-21-20(26(29)32)3-2-4-23(21)34-15-19-8-6-18(7-9-19)13-28-11-12-33-16-24(28)30/h2-4,6-9,22H,1,5,10-16H2,(H,27,31)/i2D,4D,14D. The van der Waals surface area contributed by atoms with Crippen LogP contribution in [0.15, 0.2) is 54.7 Å². The van der Waals surface area contributed by atoms with Crippen molar-refractivity contribution in [2.45, 2.75) is 38.6 Å². The summed E-state index contributed by atoms with van der Waals surface area (Å²) in [5.41, 5.74) is 2.62. The minimum atomic E-state index is -1.24. The maximum absolute atomic E-state index is 13.2. The zero-order valence-corrected chi connectivity index (χ0v) is 18.6. The van der Waals surface area contributed by atoms with Gasteiger partial charge in [0.2, 0.25) is 11.8 Å². The lowest BCUT2D eigenvalue weighted by molar-refractivity contribution is -0.143. The largest absolute Gasteiger partial charge is 0.489 e. The number of hydrogen-bond donors (Lipinski definition) is 1. The number of carbonyl (C=O) groups excluding carboxylic acids is 3. The van der Waals surface area contributed by atoms with Crippen molar-refractivity contribution in [1.82, 2.24) is 15.1 Å². The van der Waals surface area contributed by atoms with Gasteiger partial charge >= 0.3 is 0 Å². The van der Waals surface area contributed by atoms with E-state index in [9.17, 15) is 14.4 Å². The van der Waals surface area contributed by atoms with E-state index < -0.39 is 24.4 Å². The number of ether oxygens (including phenoxy) is 2. The summed E-state index contributed by atoms with van der Waals surface area (Å²) < 4.78 is 36.5. The molecule has 176 valence electrons. The molecule has 0 aromatic heterocycles. The molecule has 0 spiro atoms. The minimum Gasteiger partial charge on any atom is -0.489 e. The number of benzene rings is 2. The van der Waals surface area contributed by atoms with E-state index >= 15 is 0 Å². The van der Waals surface area contributed by atoms with Crippen molar-refractivity contribution < 1.29 is 28.0 Å². The number of rotatable bonds is 6. The fraction of sp³-hybridized carbons (Fsp3) is 0.346. The molecule has 2 aromatic carbocycles. The van der Waals surface area contributed by atoms with Crippen molar-refractivity contribution in [3.63, 3.8) is 0 Å². The highest BCUT2D eigenvalue weighted by Gasteiger charge is 2.39. The van der Waals surface area contributed by atoms with Gasteiger partial charge in [-0.2, -0.15) is 0 Å². The number of hydrogen-bond acceptors (Lipinski definition) is 5. The Morgan fingerprint density at radius 2 is 2.00 bits per heavy atom. The Balaban J connectivity index is 1.34. The summed E-state index contributed by atoms with van der Waals surface area (Å²) in [6.07, 6.45) is 0.843. The molecule has 3 amide bonds. The van der Waals surface area contributed by atoms with E-state index in [0.717, 1.165) is 11.1 Å². The highest BCUT2D eigenvalue weighted by Crippen LogP contribution is 2.34. The molecule has 0 saturated carbocycles. The summed E-state index contributed by atoms with van der Waals surface area (Å²) in [5, 5.41) is 2.65. The Morgan fingerprint density at radius 1 is 1.21 bits per heavy atom. The molecule has 8 nitrogen and oxygen atoms in total. The van der Waals surface area contributed by atoms with Crippen LogP contribution < -0.4 is 10.1 Å². The summed E-state index contributed by atoms with van der Waals surface area (Å²) in [4.78, 5) is 40.7. The van der Waals surface area contributed by atoms with E-state index in [1.165, 1.54) is 11.0 Å². The first-order valence-electron chi connectivity index (χ1n) is 12.8. The Hall–Kier alpha value is -3.65. The Kier molecular flexibility index (Phi) is 5.13. The maximum atomic E-state index is 13.2. The van der Waals surface area contributed by atoms with Gasteiger partial charge in [-0.1, -0.05) is 36.9 Å². The van der Waals surface area contributed by atoms with Crippen LogP contribution in [0.25, 0.3) is 0 Å². The molecule has 34 heavy (non-hydrogen) atoms. The van der Waals surface area contributed by atoms with Gasteiger partial charge in [-0.15, -0.1) is 0 Å². The SMILES string of the molecule is [2H]c1cc2c(c(OCc3ccc(CN4CCOCC4=O)cc3)c1[2H])C([2H])N(C1CCC(=C)NC1=O)C2=O. The normalized spacial score (nSPS) is 23.8. The topological polar surface area (TPSA) is 88.2 Å². The summed E-state index contributed by atoms with van der Waals surface area (Å²) in [5.74, 6) is -0.965. The minimum absolute atomic E-state index is 0.00182. The lowest BCUT2D eigenvalue weighted by atomic mass is 10.0. The number of piperidine rings is 1. The first kappa shape index (κ1) is 18.7. The smallest absolute Gasteiger partial charge is 0.255 e. The van der Waals surface area contributed by atoms with E-state index in [4.69, 9.17) is 13.6 Å². The van der Waals surface area contributed by atoms with E-state index in [1.807, 2.05) is 24.3 Å². The summed E-state index contributed by atoms with van der Waals surface area (Å²) in [6.45, 7) is 4.22. The number of fused-ring (bicyclic) bond motifs is 1. The molecule has 2 aromatic rings. The van der Waals surface area contributed by atoms with Gasteiger partial charge in [0.15, 0.2) is 0 Å². The van der Waals surface area contributed by atoms with Crippen molar-refractivity contribution >= 4 is 17.7 Å². The molecule has 0 radical (unpaired) electrons. The van der Waals surface area contributed by atoms with E-state index in [0.29, 0.717) is 38.2 Å². The number of nitrogens with one attached hydrogen (secondary N) is 1. The van der Waals surface area contributed by atoms with Crippen molar-refractivity contribution in [3.05, 3.63) is 76.9 Å². The average Bonchev–Trinajstić information content (AvgIpc) is 3.11. The fourth-order valence-corrected chi connectivity index (χ4v) is 4.29. The molecule has 0 bridgehead atoms. The second kappa shape index (κ2) is 9.30. The van der Waals surface area contributed by atoms with Crippen molar-refractivity contribution in [2.24, 2.45) is 0 Å². The van der Waals surface area contributed by atoms with E-state index in [1.54, 1.807) is 4.90 Å². The van der Waals surface area contributed by atoms with Crippen LogP contribution in [-0.2, 0) is 34.0 Å². The van der Waals surface area contributed by atoms with Crippen molar-refractivity contribution in [1.29, 1.82) is 0 Å². The molecule has 1 N–H and O–H groups in total. The van der Waals surface area contributed by atoms with Gasteiger partial charge in [0.1, 0.15) is 25.0 Å². The Morgan fingerprint density at radius 3 is 2.76 bits per heavy atom. The van der Waals surface area contributed by atoms with Crippen LogP contribution in [0.4, 0.5) is 0 Å². The monoisotopic (exact) mass is 464 g/mol. The molecule has 5 rings (SSSR count). The zero-order chi connectivity index (χ0) is 26.3. The maximum Gasteiger partial charge on any atom is 0.255 e. The van der Waals surface area contributed by atoms with Gasteiger partial charge in [0.25, 0.3) is 5.91 Å². The van der Waals surface area contributed by atoms with Gasteiger partial charge in [0.05, 0.1) is 17.2 Å². The quantitative estimate of drug-likeness (QED) is 0.709. The van der Waals surface area contributed by atoms with E-state index in [2.05, 4.69) is 11.9 Å². The Bertz CT molecular complexity index is 1280. The van der Waals surface area contributed by atoms with Gasteiger partial charge < -0.3 is 24.6 Å². The van der Waals surface area contributed by atoms with Gasteiger partial charge in [-0.3, -0.25) is 14.4 Å². The molecular formula is C26H27N3O5. The first-order chi connectivity index (χ1) is 17.7. The highest BCUT2D eigenvalue weighted by atomic mass is 16.5. The van der Waals surface area contributed by atoms with Crippen molar-refractivity contribution in [2.75, 3.05) is 19.8 Å². The van der Waals surface area contributed by atoms with Crippen LogP contribution in [0.3, 0.4) is 0 Å². The third-order valence-corrected chi connectivity index (χ3v) is 6.19. The molecular weight excluding hydrogens is 434 g/mol. The molecule has 3 aliphatic rings. The third-order valence-electron chi connectivity index (χ3n) is 6.19. The summed E-state index contributed by atoms with van der Waals surface area (Å²) in [7, 11) is 0. The average molecular weight is 465 g/mol. The summed E-state index contributed by atoms with van der Waals surface area (Å²) in [6, 6.07) is 7.51. The number of carbonyl (C=O) groups is 3. The van der Waals surface area contributed by atoms with Crippen LogP contribution >= 0.6 is 0 Å². The highest BCUT2D eigenvalue weighted by molar-refractivity contribution is 6.02. The van der Waals surface area contributed by atoms with Gasteiger partial charge in [-0.05, 0) is 36.1 Å². The molecule has 8 heteroatoms. The van der Waals surface area contributed by atoms with Crippen LogP contribution in [0.1, 0.15) is 44.0 Å². The lowest BCUT2D eigenvalue weighted by Crippen LogP contribution is -2.49. The second-order valence-electron chi connectivity index (χ2n) is 8.53. The predicted molar refractivity (Wildman–Crippen MR) is 124 cm³/mol. The fourth-order valence-electron chi connectivity index (χ4n) is 4.29.